The fourth-order valence-electron chi connectivity index (χ4n) is 1.12. The Kier molecular flexibility index (Phi) is 3.59. The number of rotatable bonds is 3. The molecule has 0 radical (unpaired) electrons. The maximum absolute atomic E-state index is 5.77. The molecule has 1 unspecified atom stereocenters. The molecule has 1 heterocycles. The van der Waals surface area contributed by atoms with E-state index in [-0.39, 0.29) is 6.17 Å². The van der Waals surface area contributed by atoms with Crippen LogP contribution in [0.2, 0.25) is 0 Å². The standard InChI is InChI=1S/C9H16N6/c1-3-4-7-8(11)13-5-14-9(7)15(12)6(2)10/h3-6H,10,12H2,1-2H3,(H2,11,13,14)/b4-3-. The van der Waals surface area contributed by atoms with Crippen molar-refractivity contribution in [3.63, 3.8) is 0 Å². The van der Waals surface area contributed by atoms with Crippen LogP contribution in [-0.4, -0.2) is 16.1 Å². The number of hydrogen-bond donors (Lipinski definition) is 3. The third-order valence-electron chi connectivity index (χ3n) is 1.91. The van der Waals surface area contributed by atoms with Gasteiger partial charge in [0.1, 0.15) is 12.1 Å². The molecule has 6 N–H and O–H groups in total. The molecule has 0 aromatic carbocycles. The highest BCUT2D eigenvalue weighted by atomic mass is 15.5. The Bertz CT molecular complexity index is 360. The van der Waals surface area contributed by atoms with Crippen LogP contribution in [0.3, 0.4) is 0 Å². The van der Waals surface area contributed by atoms with Crippen LogP contribution < -0.4 is 22.3 Å². The van der Waals surface area contributed by atoms with Gasteiger partial charge in [-0.2, -0.15) is 0 Å². The minimum absolute atomic E-state index is 0.344. The van der Waals surface area contributed by atoms with Gasteiger partial charge in [-0.3, -0.25) is 5.01 Å². The number of nitrogens with zero attached hydrogens (tertiary/aromatic N) is 3. The molecule has 1 aromatic rings. The highest BCUT2D eigenvalue weighted by molar-refractivity contribution is 5.71. The van der Waals surface area contributed by atoms with Crippen molar-refractivity contribution in [3.05, 3.63) is 18.0 Å². The van der Waals surface area contributed by atoms with Crippen LogP contribution in [-0.2, 0) is 0 Å². The van der Waals surface area contributed by atoms with E-state index in [1.165, 1.54) is 11.3 Å². The molecule has 0 saturated carbocycles. The summed E-state index contributed by atoms with van der Waals surface area (Å²) < 4.78 is 0. The molecular formula is C9H16N6. The van der Waals surface area contributed by atoms with E-state index < -0.39 is 0 Å². The Morgan fingerprint density at radius 2 is 2.13 bits per heavy atom. The van der Waals surface area contributed by atoms with E-state index in [0.29, 0.717) is 17.2 Å². The van der Waals surface area contributed by atoms with Crippen LogP contribution in [0.25, 0.3) is 6.08 Å². The molecule has 0 aliphatic carbocycles. The molecule has 1 aromatic heterocycles. The zero-order valence-electron chi connectivity index (χ0n) is 8.88. The third kappa shape index (κ3) is 2.42. The van der Waals surface area contributed by atoms with E-state index in [1.807, 2.05) is 13.0 Å². The molecule has 0 aliphatic rings. The maximum atomic E-state index is 5.77. The summed E-state index contributed by atoms with van der Waals surface area (Å²) in [6.07, 6.45) is 4.66. The van der Waals surface area contributed by atoms with E-state index in [0.717, 1.165) is 0 Å². The van der Waals surface area contributed by atoms with Gasteiger partial charge in [-0.15, -0.1) is 0 Å². The zero-order chi connectivity index (χ0) is 11.4. The molecule has 6 nitrogen and oxygen atoms in total. The molecule has 1 atom stereocenters. The van der Waals surface area contributed by atoms with E-state index in [9.17, 15) is 0 Å². The van der Waals surface area contributed by atoms with Crippen molar-refractivity contribution in [1.29, 1.82) is 0 Å². The highest BCUT2D eigenvalue weighted by Gasteiger charge is 2.13. The summed E-state index contributed by atoms with van der Waals surface area (Å²) in [6.45, 7) is 3.64. The van der Waals surface area contributed by atoms with E-state index in [1.54, 1.807) is 13.0 Å². The smallest absolute Gasteiger partial charge is 0.156 e. The number of hydrogen-bond acceptors (Lipinski definition) is 6. The third-order valence-corrected chi connectivity index (χ3v) is 1.91. The summed E-state index contributed by atoms with van der Waals surface area (Å²) in [6, 6.07) is 0. The summed E-state index contributed by atoms with van der Waals surface area (Å²) >= 11 is 0. The predicted molar refractivity (Wildman–Crippen MR) is 61.5 cm³/mol. The van der Waals surface area contributed by atoms with Crippen molar-refractivity contribution < 1.29 is 0 Å². The Hall–Kier alpha value is -1.66. The molecule has 0 amide bonds. The molecule has 0 fully saturated rings. The van der Waals surface area contributed by atoms with Gasteiger partial charge in [-0.05, 0) is 13.8 Å². The van der Waals surface area contributed by atoms with Crippen molar-refractivity contribution >= 4 is 17.7 Å². The van der Waals surface area contributed by atoms with Gasteiger partial charge in [0.05, 0.1) is 11.7 Å². The van der Waals surface area contributed by atoms with Crippen LogP contribution in [0.1, 0.15) is 19.4 Å². The van der Waals surface area contributed by atoms with Crippen molar-refractivity contribution in [2.45, 2.75) is 20.0 Å². The number of anilines is 2. The number of nitrogens with two attached hydrogens (primary N) is 3. The minimum Gasteiger partial charge on any atom is -0.383 e. The molecule has 82 valence electrons. The van der Waals surface area contributed by atoms with Crippen molar-refractivity contribution in [3.8, 4) is 0 Å². The average molecular weight is 208 g/mol. The lowest BCUT2D eigenvalue weighted by molar-refractivity contribution is 0.671. The SMILES string of the molecule is C/C=C\c1c(N)ncnc1N(N)C(C)N. The Morgan fingerprint density at radius 1 is 1.47 bits per heavy atom. The fraction of sp³-hybridized carbons (Fsp3) is 0.333. The highest BCUT2D eigenvalue weighted by Crippen LogP contribution is 2.21. The minimum atomic E-state index is -0.344. The van der Waals surface area contributed by atoms with Gasteiger partial charge in [0.25, 0.3) is 0 Å². The van der Waals surface area contributed by atoms with Crippen LogP contribution in [0.4, 0.5) is 11.6 Å². The quantitative estimate of drug-likeness (QED) is 0.369. The molecule has 0 bridgehead atoms. The number of hydrazine groups is 1. The Morgan fingerprint density at radius 3 is 2.67 bits per heavy atom. The summed E-state index contributed by atoms with van der Waals surface area (Å²) in [5, 5.41) is 1.35. The van der Waals surface area contributed by atoms with Gasteiger partial charge in [-0.1, -0.05) is 12.2 Å². The van der Waals surface area contributed by atoms with Crippen LogP contribution >= 0.6 is 0 Å². The molecule has 0 spiro atoms. The first-order valence-electron chi connectivity index (χ1n) is 4.60. The van der Waals surface area contributed by atoms with Crippen molar-refractivity contribution in [1.82, 2.24) is 9.97 Å². The summed E-state index contributed by atoms with van der Waals surface area (Å²) in [5.74, 6) is 6.67. The largest absolute Gasteiger partial charge is 0.383 e. The lowest BCUT2D eigenvalue weighted by Crippen LogP contribution is -2.46. The second kappa shape index (κ2) is 4.72. The van der Waals surface area contributed by atoms with Gasteiger partial charge in [0, 0.05) is 0 Å². The zero-order valence-corrected chi connectivity index (χ0v) is 8.88. The number of aromatic nitrogens is 2. The van der Waals surface area contributed by atoms with Crippen molar-refractivity contribution in [2.75, 3.05) is 10.7 Å². The number of allylic oxidation sites excluding steroid dienone is 1. The molecule has 0 saturated heterocycles. The van der Waals surface area contributed by atoms with Gasteiger partial charge in [0.15, 0.2) is 5.82 Å². The fourth-order valence-corrected chi connectivity index (χ4v) is 1.12. The van der Waals surface area contributed by atoms with Gasteiger partial charge < -0.3 is 11.5 Å². The van der Waals surface area contributed by atoms with E-state index >= 15 is 0 Å². The van der Waals surface area contributed by atoms with Crippen LogP contribution in [0.5, 0.6) is 0 Å². The maximum Gasteiger partial charge on any atom is 0.156 e. The normalized spacial score (nSPS) is 13.1. The average Bonchev–Trinajstić information content (AvgIpc) is 2.20. The summed E-state index contributed by atoms with van der Waals surface area (Å²) in [7, 11) is 0. The molecular weight excluding hydrogens is 192 g/mol. The van der Waals surface area contributed by atoms with E-state index in [4.69, 9.17) is 17.3 Å². The molecule has 6 heteroatoms. The topological polar surface area (TPSA) is 107 Å². The Labute approximate surface area is 88.8 Å². The first-order valence-corrected chi connectivity index (χ1v) is 4.60. The van der Waals surface area contributed by atoms with Crippen LogP contribution in [0, 0.1) is 0 Å². The molecule has 0 aliphatic heterocycles. The second-order valence-electron chi connectivity index (χ2n) is 3.14. The first-order chi connectivity index (χ1) is 7.07. The van der Waals surface area contributed by atoms with Gasteiger partial charge in [-0.25, -0.2) is 15.8 Å². The second-order valence-corrected chi connectivity index (χ2v) is 3.14. The van der Waals surface area contributed by atoms with Gasteiger partial charge in [0.2, 0.25) is 0 Å². The van der Waals surface area contributed by atoms with Crippen LogP contribution in [0.15, 0.2) is 12.4 Å². The summed E-state index contributed by atoms with van der Waals surface area (Å²) in [4.78, 5) is 7.95. The van der Waals surface area contributed by atoms with Crippen molar-refractivity contribution in [2.24, 2.45) is 11.6 Å². The molecule has 1 rings (SSSR count). The Balaban J connectivity index is 3.22. The monoisotopic (exact) mass is 208 g/mol. The molecule has 15 heavy (non-hydrogen) atoms. The van der Waals surface area contributed by atoms with E-state index in [2.05, 4.69) is 9.97 Å². The predicted octanol–water partition coefficient (Wildman–Crippen LogP) is 0.0767. The van der Waals surface area contributed by atoms with Gasteiger partial charge >= 0.3 is 0 Å². The summed E-state index contributed by atoms with van der Waals surface area (Å²) in [5.41, 5.74) is 12.1. The lowest BCUT2D eigenvalue weighted by atomic mass is 10.2. The first kappa shape index (κ1) is 11.4. The lowest BCUT2D eigenvalue weighted by Gasteiger charge is -2.23. The number of nitrogen functional groups attached to an aromatic ring is 1.